The number of benzene rings is 2. The Morgan fingerprint density at radius 3 is 2.16 bits per heavy atom. The van der Waals surface area contributed by atoms with Gasteiger partial charge in [-0.25, -0.2) is 5.48 Å². The molecule has 1 aliphatic rings. The van der Waals surface area contributed by atoms with E-state index in [4.69, 9.17) is 5.21 Å². The summed E-state index contributed by atoms with van der Waals surface area (Å²) in [6, 6.07) is 16.8. The lowest BCUT2D eigenvalue weighted by Crippen LogP contribution is -2.38. The van der Waals surface area contributed by atoms with Gasteiger partial charge in [0.05, 0.1) is 0 Å². The summed E-state index contributed by atoms with van der Waals surface area (Å²) in [7, 11) is 0. The number of carbonyl (C=O) groups is 2. The van der Waals surface area contributed by atoms with Gasteiger partial charge < -0.3 is 4.90 Å². The van der Waals surface area contributed by atoms with Gasteiger partial charge in [-0.1, -0.05) is 30.3 Å². The highest BCUT2D eigenvalue weighted by molar-refractivity contribution is 5.97. The fourth-order valence-electron chi connectivity index (χ4n) is 3.30. The van der Waals surface area contributed by atoms with E-state index in [0.717, 1.165) is 32.4 Å². The number of nitrogens with one attached hydrogen (secondary N) is 1. The topological polar surface area (TPSA) is 69.6 Å². The molecule has 1 fully saturated rings. The summed E-state index contributed by atoms with van der Waals surface area (Å²) in [6.45, 7) is 1.52. The fourth-order valence-corrected chi connectivity index (χ4v) is 3.30. The molecule has 130 valence electrons. The highest BCUT2D eigenvalue weighted by atomic mass is 16.5. The number of rotatable bonds is 4. The summed E-state index contributed by atoms with van der Waals surface area (Å²) in [6.07, 6.45) is 3.07. The number of amides is 2. The second kappa shape index (κ2) is 7.94. The quantitative estimate of drug-likeness (QED) is 0.665. The van der Waals surface area contributed by atoms with E-state index in [1.807, 2.05) is 11.0 Å². The van der Waals surface area contributed by atoms with Crippen LogP contribution in [0.2, 0.25) is 0 Å². The van der Waals surface area contributed by atoms with E-state index in [2.05, 4.69) is 24.3 Å². The normalized spacial score (nSPS) is 15.0. The molecule has 25 heavy (non-hydrogen) atoms. The van der Waals surface area contributed by atoms with Gasteiger partial charge >= 0.3 is 0 Å². The lowest BCUT2D eigenvalue weighted by Gasteiger charge is -2.32. The van der Waals surface area contributed by atoms with Crippen molar-refractivity contribution < 1.29 is 14.8 Å². The maximum absolute atomic E-state index is 12.6. The van der Waals surface area contributed by atoms with Gasteiger partial charge in [0.25, 0.3) is 11.8 Å². The van der Waals surface area contributed by atoms with Crippen LogP contribution in [-0.2, 0) is 6.42 Å². The Balaban J connectivity index is 1.55. The van der Waals surface area contributed by atoms with E-state index >= 15 is 0 Å². The molecule has 5 nitrogen and oxygen atoms in total. The monoisotopic (exact) mass is 338 g/mol. The van der Waals surface area contributed by atoms with Crippen molar-refractivity contribution in [3.05, 3.63) is 71.3 Å². The molecule has 0 radical (unpaired) electrons. The average Bonchev–Trinajstić information content (AvgIpc) is 2.68. The highest BCUT2D eigenvalue weighted by Gasteiger charge is 2.23. The first-order chi connectivity index (χ1) is 12.2. The Labute approximate surface area is 147 Å². The van der Waals surface area contributed by atoms with E-state index in [1.165, 1.54) is 5.56 Å². The first-order valence-electron chi connectivity index (χ1n) is 8.55. The van der Waals surface area contributed by atoms with Crippen molar-refractivity contribution >= 4 is 11.8 Å². The fraction of sp³-hybridized carbons (Fsp3) is 0.300. The molecular weight excluding hydrogens is 316 g/mol. The zero-order chi connectivity index (χ0) is 17.6. The number of piperidine rings is 1. The van der Waals surface area contributed by atoms with E-state index in [1.54, 1.807) is 29.7 Å². The van der Waals surface area contributed by atoms with Crippen LogP contribution in [0.25, 0.3) is 0 Å². The number of hydrogen-bond acceptors (Lipinski definition) is 3. The Morgan fingerprint density at radius 1 is 0.960 bits per heavy atom. The molecule has 5 heteroatoms. The second-order valence-electron chi connectivity index (χ2n) is 6.44. The molecule has 2 N–H and O–H groups in total. The second-order valence-corrected chi connectivity index (χ2v) is 6.44. The van der Waals surface area contributed by atoms with Crippen LogP contribution in [0, 0.1) is 5.92 Å². The summed E-state index contributed by atoms with van der Waals surface area (Å²) in [4.78, 5) is 25.8. The van der Waals surface area contributed by atoms with Gasteiger partial charge in [0, 0.05) is 24.2 Å². The van der Waals surface area contributed by atoms with Crippen LogP contribution >= 0.6 is 0 Å². The van der Waals surface area contributed by atoms with Crippen molar-refractivity contribution in [2.45, 2.75) is 19.3 Å². The molecule has 2 amide bonds. The standard InChI is InChI=1S/C20H22N2O3/c23-19(21-25)17-6-8-18(9-7-17)20(24)22-12-10-16(11-13-22)14-15-4-2-1-3-5-15/h1-9,16,25H,10-14H2,(H,21,23). The molecule has 0 aliphatic carbocycles. The van der Waals surface area contributed by atoms with E-state index in [-0.39, 0.29) is 5.91 Å². The van der Waals surface area contributed by atoms with Gasteiger partial charge in [-0.2, -0.15) is 0 Å². The third kappa shape index (κ3) is 4.25. The number of carbonyl (C=O) groups excluding carboxylic acids is 2. The van der Waals surface area contributed by atoms with Crippen LogP contribution in [0.5, 0.6) is 0 Å². The molecule has 0 atom stereocenters. The molecule has 0 bridgehead atoms. The van der Waals surface area contributed by atoms with E-state index < -0.39 is 5.91 Å². The molecule has 0 spiro atoms. The first kappa shape index (κ1) is 17.2. The minimum Gasteiger partial charge on any atom is -0.339 e. The Kier molecular flexibility index (Phi) is 5.46. The van der Waals surface area contributed by atoms with Gasteiger partial charge in [0.15, 0.2) is 0 Å². The van der Waals surface area contributed by atoms with Crippen LogP contribution in [-0.4, -0.2) is 35.0 Å². The summed E-state index contributed by atoms with van der Waals surface area (Å²) in [5.41, 5.74) is 3.82. The summed E-state index contributed by atoms with van der Waals surface area (Å²) in [5.74, 6) is 0.0249. The first-order valence-corrected chi connectivity index (χ1v) is 8.55. The third-order valence-electron chi connectivity index (χ3n) is 4.76. The minimum atomic E-state index is -0.583. The van der Waals surface area contributed by atoms with Gasteiger partial charge in [-0.05, 0) is 55.0 Å². The van der Waals surface area contributed by atoms with Crippen molar-refractivity contribution in [1.29, 1.82) is 0 Å². The minimum absolute atomic E-state index is 0.00545. The average molecular weight is 338 g/mol. The number of likely N-dealkylation sites (tertiary alicyclic amines) is 1. The Hall–Kier alpha value is -2.66. The number of hydrogen-bond donors (Lipinski definition) is 2. The SMILES string of the molecule is O=C(NO)c1ccc(C(=O)N2CCC(Cc3ccccc3)CC2)cc1. The Morgan fingerprint density at radius 2 is 1.56 bits per heavy atom. The lowest BCUT2D eigenvalue weighted by atomic mass is 9.90. The van der Waals surface area contributed by atoms with E-state index in [0.29, 0.717) is 17.0 Å². The predicted molar refractivity (Wildman–Crippen MR) is 94.5 cm³/mol. The zero-order valence-electron chi connectivity index (χ0n) is 14.0. The largest absolute Gasteiger partial charge is 0.339 e. The van der Waals surface area contributed by atoms with Gasteiger partial charge in [-0.15, -0.1) is 0 Å². The third-order valence-corrected chi connectivity index (χ3v) is 4.76. The molecule has 0 aromatic heterocycles. The molecule has 1 saturated heterocycles. The van der Waals surface area contributed by atoms with Crippen LogP contribution < -0.4 is 5.48 Å². The molecule has 0 saturated carbocycles. The summed E-state index contributed by atoms with van der Waals surface area (Å²) >= 11 is 0. The number of hydroxylamine groups is 1. The highest BCUT2D eigenvalue weighted by Crippen LogP contribution is 2.23. The summed E-state index contributed by atoms with van der Waals surface area (Å²) < 4.78 is 0. The zero-order valence-corrected chi connectivity index (χ0v) is 14.0. The molecule has 2 aromatic rings. The molecule has 0 unspecified atom stereocenters. The van der Waals surface area contributed by atoms with Gasteiger partial charge in [0.1, 0.15) is 0 Å². The van der Waals surface area contributed by atoms with Crippen molar-refractivity contribution in [1.82, 2.24) is 10.4 Å². The van der Waals surface area contributed by atoms with Crippen LogP contribution in [0.1, 0.15) is 39.1 Å². The van der Waals surface area contributed by atoms with E-state index in [9.17, 15) is 9.59 Å². The van der Waals surface area contributed by atoms with Crippen molar-refractivity contribution in [3.63, 3.8) is 0 Å². The lowest BCUT2D eigenvalue weighted by molar-refractivity contribution is 0.0685. The van der Waals surface area contributed by atoms with Crippen LogP contribution in [0.4, 0.5) is 0 Å². The Bertz CT molecular complexity index is 720. The molecule has 1 aliphatic heterocycles. The smallest absolute Gasteiger partial charge is 0.274 e. The molecule has 2 aromatic carbocycles. The van der Waals surface area contributed by atoms with Crippen molar-refractivity contribution in [2.75, 3.05) is 13.1 Å². The van der Waals surface area contributed by atoms with Crippen molar-refractivity contribution in [2.24, 2.45) is 5.92 Å². The van der Waals surface area contributed by atoms with Crippen molar-refractivity contribution in [3.8, 4) is 0 Å². The van der Waals surface area contributed by atoms with Crippen LogP contribution in [0.15, 0.2) is 54.6 Å². The maximum atomic E-state index is 12.6. The van der Waals surface area contributed by atoms with Crippen LogP contribution in [0.3, 0.4) is 0 Å². The summed E-state index contributed by atoms with van der Waals surface area (Å²) in [5, 5.41) is 8.63. The van der Waals surface area contributed by atoms with Gasteiger partial charge in [0.2, 0.25) is 0 Å². The maximum Gasteiger partial charge on any atom is 0.274 e. The predicted octanol–water partition coefficient (Wildman–Crippen LogP) is 2.90. The molecule has 1 heterocycles. The van der Waals surface area contributed by atoms with Gasteiger partial charge in [-0.3, -0.25) is 14.8 Å². The number of nitrogens with zero attached hydrogens (tertiary/aromatic N) is 1. The molecular formula is C20H22N2O3. The molecule has 3 rings (SSSR count).